The van der Waals surface area contributed by atoms with Crippen molar-refractivity contribution < 1.29 is 4.39 Å². The van der Waals surface area contributed by atoms with E-state index in [1.165, 1.54) is 17.8 Å². The smallest absolute Gasteiger partial charge is 0.149 e. The number of fused-ring (bicyclic) bond motifs is 2. The number of hydrogen-bond donors (Lipinski definition) is 1. The standard InChI is InChI=1S/C23H22FN7S/c24-16-3-4-18(15-2-1-8-26-21(15)16)32-20-13-27-19(12-28-20)30-10-6-23(7-11-30)14-31-17(22(23)25)5-9-29-31/h1-5,8-9,12-13,22H,6-7,10-11,14,25H2/t22-/m1/s1. The molecule has 6 rings (SSSR count). The molecule has 3 aromatic heterocycles. The van der Waals surface area contributed by atoms with Crippen molar-refractivity contribution in [3.8, 4) is 0 Å². The lowest BCUT2D eigenvalue weighted by Gasteiger charge is -2.41. The summed E-state index contributed by atoms with van der Waals surface area (Å²) < 4.78 is 16.1. The number of anilines is 1. The molecule has 7 nitrogen and oxygen atoms in total. The summed E-state index contributed by atoms with van der Waals surface area (Å²) in [4.78, 5) is 16.6. The van der Waals surface area contributed by atoms with Crippen molar-refractivity contribution in [3.05, 3.63) is 66.6 Å². The van der Waals surface area contributed by atoms with Crippen LogP contribution < -0.4 is 10.6 Å². The van der Waals surface area contributed by atoms with Crippen LogP contribution in [0.5, 0.6) is 0 Å². The number of nitrogens with zero attached hydrogens (tertiary/aromatic N) is 6. The summed E-state index contributed by atoms with van der Waals surface area (Å²) in [5.74, 6) is 0.555. The molecule has 2 aliphatic rings. The summed E-state index contributed by atoms with van der Waals surface area (Å²) in [6.07, 6.45) is 9.05. The quantitative estimate of drug-likeness (QED) is 0.511. The fourth-order valence-corrected chi connectivity index (χ4v) is 5.79. The second-order valence-electron chi connectivity index (χ2n) is 8.50. The van der Waals surface area contributed by atoms with E-state index in [0.29, 0.717) is 5.52 Å². The molecule has 4 aromatic rings. The molecule has 162 valence electrons. The third-order valence-corrected chi connectivity index (χ3v) is 7.78. The van der Waals surface area contributed by atoms with Crippen LogP contribution in [-0.2, 0) is 6.54 Å². The molecule has 9 heteroatoms. The highest BCUT2D eigenvalue weighted by Gasteiger charge is 2.46. The molecule has 1 saturated heterocycles. The lowest BCUT2D eigenvalue weighted by Crippen LogP contribution is -2.45. The SMILES string of the molecule is N[C@@H]1c2ccnn2CC12CCN(c1cnc(Sc3ccc(F)c4ncccc34)cn1)CC2. The molecule has 0 bridgehead atoms. The van der Waals surface area contributed by atoms with E-state index in [9.17, 15) is 4.39 Å². The van der Waals surface area contributed by atoms with E-state index in [1.54, 1.807) is 18.5 Å². The van der Waals surface area contributed by atoms with Gasteiger partial charge in [0.2, 0.25) is 0 Å². The number of nitrogens with two attached hydrogens (primary N) is 1. The number of benzene rings is 1. The summed E-state index contributed by atoms with van der Waals surface area (Å²) >= 11 is 1.47. The van der Waals surface area contributed by atoms with Gasteiger partial charge in [-0.15, -0.1) is 0 Å². The van der Waals surface area contributed by atoms with Crippen molar-refractivity contribution in [3.63, 3.8) is 0 Å². The predicted molar refractivity (Wildman–Crippen MR) is 121 cm³/mol. The molecule has 32 heavy (non-hydrogen) atoms. The lowest BCUT2D eigenvalue weighted by molar-refractivity contribution is 0.170. The summed E-state index contributed by atoms with van der Waals surface area (Å²) in [5.41, 5.74) is 8.19. The van der Waals surface area contributed by atoms with Crippen molar-refractivity contribution in [2.24, 2.45) is 11.1 Å². The Morgan fingerprint density at radius 1 is 1.03 bits per heavy atom. The van der Waals surface area contributed by atoms with E-state index in [4.69, 9.17) is 5.73 Å². The molecule has 2 N–H and O–H groups in total. The summed E-state index contributed by atoms with van der Waals surface area (Å²) in [5, 5.41) is 5.96. The number of aromatic nitrogens is 5. The van der Waals surface area contributed by atoms with E-state index >= 15 is 0 Å². The zero-order chi connectivity index (χ0) is 21.7. The molecular weight excluding hydrogens is 425 g/mol. The molecule has 1 aromatic carbocycles. The molecule has 0 amide bonds. The van der Waals surface area contributed by atoms with Crippen molar-refractivity contribution in [1.29, 1.82) is 0 Å². The van der Waals surface area contributed by atoms with Crippen molar-refractivity contribution in [1.82, 2.24) is 24.7 Å². The zero-order valence-electron chi connectivity index (χ0n) is 17.4. The monoisotopic (exact) mass is 447 g/mol. The summed E-state index contributed by atoms with van der Waals surface area (Å²) in [7, 11) is 0. The van der Waals surface area contributed by atoms with Crippen LogP contribution in [-0.4, -0.2) is 37.8 Å². The first kappa shape index (κ1) is 19.6. The van der Waals surface area contributed by atoms with Crippen LogP contribution in [0, 0.1) is 11.2 Å². The Morgan fingerprint density at radius 2 is 1.91 bits per heavy atom. The Hall–Kier alpha value is -3.04. The molecule has 0 unspecified atom stereocenters. The van der Waals surface area contributed by atoms with Gasteiger partial charge in [-0.2, -0.15) is 5.10 Å². The van der Waals surface area contributed by atoms with Gasteiger partial charge in [-0.25, -0.2) is 14.4 Å². The number of pyridine rings is 1. The average Bonchev–Trinajstić information content (AvgIpc) is 3.38. The van der Waals surface area contributed by atoms with Gasteiger partial charge in [0, 0.05) is 47.7 Å². The van der Waals surface area contributed by atoms with Crippen molar-refractivity contribution in [2.75, 3.05) is 18.0 Å². The minimum atomic E-state index is -0.320. The Kier molecular flexibility index (Phi) is 4.62. The highest BCUT2D eigenvalue weighted by Crippen LogP contribution is 2.47. The minimum absolute atomic E-state index is 0.0389. The van der Waals surface area contributed by atoms with Crippen molar-refractivity contribution >= 4 is 28.5 Å². The molecule has 0 saturated carbocycles. The van der Waals surface area contributed by atoms with E-state index in [0.717, 1.165) is 59.3 Å². The van der Waals surface area contributed by atoms with Gasteiger partial charge < -0.3 is 10.6 Å². The fourth-order valence-electron chi connectivity index (χ4n) is 4.94. The first-order chi connectivity index (χ1) is 15.6. The van der Waals surface area contributed by atoms with Gasteiger partial charge >= 0.3 is 0 Å². The fraction of sp³-hybridized carbons (Fsp3) is 0.304. The van der Waals surface area contributed by atoms with E-state index in [2.05, 4.69) is 29.6 Å². The zero-order valence-corrected chi connectivity index (χ0v) is 18.2. The minimum Gasteiger partial charge on any atom is -0.355 e. The number of hydrogen-bond acceptors (Lipinski definition) is 7. The average molecular weight is 448 g/mol. The van der Waals surface area contributed by atoms with Crippen LogP contribution in [0.1, 0.15) is 24.6 Å². The second kappa shape index (κ2) is 7.53. The maximum Gasteiger partial charge on any atom is 0.149 e. The van der Waals surface area contributed by atoms with Crippen LogP contribution in [0.4, 0.5) is 10.2 Å². The normalized spacial score (nSPS) is 19.6. The van der Waals surface area contributed by atoms with Crippen LogP contribution in [0.25, 0.3) is 10.9 Å². The van der Waals surface area contributed by atoms with Gasteiger partial charge in [0.05, 0.1) is 24.1 Å². The van der Waals surface area contributed by atoms with Crippen LogP contribution >= 0.6 is 11.8 Å². The number of halogens is 1. The first-order valence-corrected chi connectivity index (χ1v) is 11.5. The van der Waals surface area contributed by atoms with Crippen LogP contribution in [0.2, 0.25) is 0 Å². The Bertz CT molecular complexity index is 1280. The third-order valence-electron chi connectivity index (χ3n) is 6.79. The maximum atomic E-state index is 14.0. The maximum absolute atomic E-state index is 14.0. The van der Waals surface area contributed by atoms with E-state index < -0.39 is 0 Å². The highest BCUT2D eigenvalue weighted by molar-refractivity contribution is 7.99. The van der Waals surface area contributed by atoms with Gasteiger partial charge in [0.25, 0.3) is 0 Å². The Morgan fingerprint density at radius 3 is 2.69 bits per heavy atom. The second-order valence-corrected chi connectivity index (χ2v) is 9.56. The van der Waals surface area contributed by atoms with Crippen LogP contribution in [0.3, 0.4) is 0 Å². The topological polar surface area (TPSA) is 85.8 Å². The van der Waals surface area contributed by atoms with Gasteiger partial charge in [-0.3, -0.25) is 9.67 Å². The number of piperidine rings is 1. The van der Waals surface area contributed by atoms with Gasteiger partial charge in [0.1, 0.15) is 22.2 Å². The first-order valence-electron chi connectivity index (χ1n) is 10.7. The molecule has 2 aliphatic heterocycles. The highest BCUT2D eigenvalue weighted by atomic mass is 32.2. The van der Waals surface area contributed by atoms with Gasteiger partial charge in [-0.05, 0) is 37.1 Å². The Labute approximate surface area is 188 Å². The molecule has 0 aliphatic carbocycles. The van der Waals surface area contributed by atoms with Gasteiger partial charge in [-0.1, -0.05) is 17.8 Å². The molecule has 1 spiro atoms. The molecular formula is C23H22FN7S. The summed E-state index contributed by atoms with van der Waals surface area (Å²) in [6, 6.07) is 8.97. The molecule has 1 fully saturated rings. The number of rotatable bonds is 3. The molecule has 1 atom stereocenters. The summed E-state index contributed by atoms with van der Waals surface area (Å²) in [6.45, 7) is 2.69. The van der Waals surface area contributed by atoms with E-state index in [-0.39, 0.29) is 17.3 Å². The van der Waals surface area contributed by atoms with Crippen molar-refractivity contribution in [2.45, 2.75) is 35.3 Å². The predicted octanol–water partition coefficient (Wildman–Crippen LogP) is 3.81. The van der Waals surface area contributed by atoms with E-state index in [1.807, 2.05) is 30.6 Å². The largest absolute Gasteiger partial charge is 0.355 e. The lowest BCUT2D eigenvalue weighted by atomic mass is 9.73. The molecule has 0 radical (unpaired) electrons. The molecule has 5 heterocycles. The van der Waals surface area contributed by atoms with Gasteiger partial charge in [0.15, 0.2) is 0 Å². The Balaban J connectivity index is 1.16. The van der Waals surface area contributed by atoms with Crippen LogP contribution in [0.15, 0.2) is 65.0 Å². The third kappa shape index (κ3) is 3.15.